The molecule has 11 heteroatoms. The molecule has 6 nitrogen and oxygen atoms in total. The Morgan fingerprint density at radius 2 is 2.00 bits per heavy atom. The molecule has 0 unspecified atom stereocenters. The summed E-state index contributed by atoms with van der Waals surface area (Å²) in [5.74, 6) is -1.14. The van der Waals surface area contributed by atoms with E-state index in [4.69, 9.17) is 5.73 Å². The Bertz CT molecular complexity index is 716. The van der Waals surface area contributed by atoms with Gasteiger partial charge in [-0.1, -0.05) is 23.1 Å². The topological polar surface area (TPSA) is 98.0 Å². The first-order chi connectivity index (χ1) is 10.8. The summed E-state index contributed by atoms with van der Waals surface area (Å²) >= 11 is 1.90. The molecule has 0 bridgehead atoms. The zero-order chi connectivity index (χ0) is 17.0. The van der Waals surface area contributed by atoms with E-state index in [1.807, 2.05) is 0 Å². The fourth-order valence-corrected chi connectivity index (χ4v) is 2.70. The highest BCUT2D eigenvalue weighted by Crippen LogP contribution is 2.29. The number of alkyl halides is 3. The van der Waals surface area contributed by atoms with Crippen molar-refractivity contribution in [2.75, 3.05) is 11.1 Å². The van der Waals surface area contributed by atoms with Crippen molar-refractivity contribution in [3.05, 3.63) is 35.0 Å². The van der Waals surface area contributed by atoms with Crippen LogP contribution >= 0.6 is 23.1 Å². The van der Waals surface area contributed by atoms with Crippen molar-refractivity contribution in [2.45, 2.75) is 11.2 Å². The molecule has 0 aliphatic carbocycles. The first-order valence-electron chi connectivity index (χ1n) is 5.97. The lowest BCUT2D eigenvalue weighted by atomic mass is 10.3. The Morgan fingerprint density at radius 1 is 1.26 bits per heavy atom. The van der Waals surface area contributed by atoms with Gasteiger partial charge in [-0.05, 0) is 12.1 Å². The van der Waals surface area contributed by atoms with Crippen LogP contribution in [0.25, 0.3) is 0 Å². The lowest BCUT2D eigenvalue weighted by molar-refractivity contribution is -0.137. The van der Waals surface area contributed by atoms with Gasteiger partial charge in [-0.25, -0.2) is 9.97 Å². The van der Waals surface area contributed by atoms with Crippen LogP contribution in [0.15, 0.2) is 29.6 Å². The molecule has 3 N–H and O–H groups in total. The minimum Gasteiger partial charge on any atom is -0.365 e. The molecule has 2 aromatic rings. The molecule has 2 aromatic heterocycles. The molecule has 0 radical (unpaired) electrons. The van der Waals surface area contributed by atoms with Crippen molar-refractivity contribution in [1.29, 1.82) is 0 Å². The van der Waals surface area contributed by atoms with Gasteiger partial charge < -0.3 is 11.1 Å². The van der Waals surface area contributed by atoms with Gasteiger partial charge in [-0.15, -0.1) is 0 Å². The van der Waals surface area contributed by atoms with Gasteiger partial charge in [-0.3, -0.25) is 9.59 Å². The SMILES string of the molecule is NC(=O)c1cnc(NC(=O)CSc2ccc(C(F)(F)F)cn2)s1. The molecule has 0 saturated heterocycles. The smallest absolute Gasteiger partial charge is 0.365 e. The molecule has 122 valence electrons. The summed E-state index contributed by atoms with van der Waals surface area (Å²) < 4.78 is 37.2. The van der Waals surface area contributed by atoms with E-state index >= 15 is 0 Å². The number of thiazole rings is 1. The van der Waals surface area contributed by atoms with Crippen molar-refractivity contribution in [1.82, 2.24) is 9.97 Å². The van der Waals surface area contributed by atoms with E-state index in [-0.39, 0.29) is 20.8 Å². The van der Waals surface area contributed by atoms with Gasteiger partial charge in [0.15, 0.2) is 5.13 Å². The highest BCUT2D eigenvalue weighted by atomic mass is 32.2. The second-order valence-electron chi connectivity index (χ2n) is 4.11. The van der Waals surface area contributed by atoms with Crippen molar-refractivity contribution in [3.8, 4) is 0 Å². The summed E-state index contributed by atoms with van der Waals surface area (Å²) in [6.45, 7) is 0. The van der Waals surface area contributed by atoms with Gasteiger partial charge in [0, 0.05) is 6.20 Å². The first-order valence-corrected chi connectivity index (χ1v) is 7.77. The predicted octanol–water partition coefficient (Wildman–Crippen LogP) is 2.39. The van der Waals surface area contributed by atoms with Crippen molar-refractivity contribution >= 4 is 40.0 Å². The van der Waals surface area contributed by atoms with E-state index in [1.165, 1.54) is 12.3 Å². The number of anilines is 1. The van der Waals surface area contributed by atoms with Gasteiger partial charge in [0.25, 0.3) is 5.91 Å². The number of hydrogen-bond donors (Lipinski definition) is 2. The molecular weight excluding hydrogens is 353 g/mol. The van der Waals surface area contributed by atoms with Gasteiger partial charge >= 0.3 is 6.18 Å². The number of carbonyl (C=O) groups excluding carboxylic acids is 2. The quantitative estimate of drug-likeness (QED) is 0.796. The normalized spacial score (nSPS) is 11.3. The zero-order valence-electron chi connectivity index (χ0n) is 11.3. The van der Waals surface area contributed by atoms with Crippen LogP contribution in [0.4, 0.5) is 18.3 Å². The highest BCUT2D eigenvalue weighted by Gasteiger charge is 2.30. The van der Waals surface area contributed by atoms with E-state index < -0.39 is 23.6 Å². The molecule has 0 aliphatic rings. The number of aromatic nitrogens is 2. The standard InChI is InChI=1S/C12H9F3N4O2S2/c13-12(14,15)6-1-2-9(17-3-6)22-5-8(20)19-11-18-4-7(23-11)10(16)21/h1-4H,5H2,(H2,16,21)(H,18,19,20). The number of pyridine rings is 1. The summed E-state index contributed by atoms with van der Waals surface area (Å²) in [6.07, 6.45) is -2.50. The number of nitrogens with zero attached hydrogens (tertiary/aromatic N) is 2. The maximum absolute atomic E-state index is 12.4. The number of primary amides is 1. The van der Waals surface area contributed by atoms with Crippen LogP contribution < -0.4 is 11.1 Å². The zero-order valence-corrected chi connectivity index (χ0v) is 12.9. The average molecular weight is 362 g/mol. The van der Waals surface area contributed by atoms with Gasteiger partial charge in [0.2, 0.25) is 5.91 Å². The monoisotopic (exact) mass is 362 g/mol. The van der Waals surface area contributed by atoms with Crippen molar-refractivity contribution < 1.29 is 22.8 Å². The van der Waals surface area contributed by atoms with Crippen LogP contribution in [0.2, 0.25) is 0 Å². The molecule has 23 heavy (non-hydrogen) atoms. The summed E-state index contributed by atoms with van der Waals surface area (Å²) in [6, 6.07) is 2.09. The molecule has 0 fully saturated rings. The van der Waals surface area contributed by atoms with E-state index in [9.17, 15) is 22.8 Å². The Morgan fingerprint density at radius 3 is 2.52 bits per heavy atom. The van der Waals surface area contributed by atoms with Gasteiger partial charge in [-0.2, -0.15) is 13.2 Å². The lowest BCUT2D eigenvalue weighted by Gasteiger charge is -2.06. The number of nitrogens with two attached hydrogens (primary N) is 1. The van der Waals surface area contributed by atoms with Crippen LogP contribution in [-0.2, 0) is 11.0 Å². The Labute approximate surface area is 136 Å². The average Bonchev–Trinajstić information content (AvgIpc) is 2.93. The molecule has 0 atom stereocenters. The first kappa shape index (κ1) is 17.2. The van der Waals surface area contributed by atoms with Crippen molar-refractivity contribution in [3.63, 3.8) is 0 Å². The van der Waals surface area contributed by atoms with Crippen LogP contribution in [0.1, 0.15) is 15.2 Å². The van der Waals surface area contributed by atoms with E-state index in [2.05, 4.69) is 15.3 Å². The summed E-state index contributed by atoms with van der Waals surface area (Å²) in [5.41, 5.74) is 4.21. The molecular formula is C12H9F3N4O2S2. The number of amides is 2. The predicted molar refractivity (Wildman–Crippen MR) is 79.2 cm³/mol. The number of nitrogens with one attached hydrogen (secondary N) is 1. The second-order valence-corrected chi connectivity index (χ2v) is 6.14. The van der Waals surface area contributed by atoms with Crippen LogP contribution in [0.5, 0.6) is 0 Å². The summed E-state index contributed by atoms with van der Waals surface area (Å²) in [5, 5.41) is 2.95. The largest absolute Gasteiger partial charge is 0.417 e. The molecule has 2 rings (SSSR count). The fraction of sp³-hybridized carbons (Fsp3) is 0.167. The molecule has 2 heterocycles. The number of carbonyl (C=O) groups is 2. The Balaban J connectivity index is 1.87. The van der Waals surface area contributed by atoms with E-state index in [0.29, 0.717) is 6.20 Å². The lowest BCUT2D eigenvalue weighted by Crippen LogP contribution is -2.14. The summed E-state index contributed by atoms with van der Waals surface area (Å²) in [7, 11) is 0. The number of hydrogen-bond acceptors (Lipinski definition) is 6. The van der Waals surface area contributed by atoms with Crippen LogP contribution in [0, 0.1) is 0 Å². The third-order valence-electron chi connectivity index (χ3n) is 2.41. The highest BCUT2D eigenvalue weighted by molar-refractivity contribution is 7.99. The maximum atomic E-state index is 12.4. The fourth-order valence-electron chi connectivity index (χ4n) is 1.37. The Kier molecular flexibility index (Phi) is 5.21. The third-order valence-corrected chi connectivity index (χ3v) is 4.28. The van der Waals surface area contributed by atoms with Crippen LogP contribution in [-0.4, -0.2) is 27.5 Å². The number of thioether (sulfide) groups is 1. The molecule has 0 aromatic carbocycles. The van der Waals surface area contributed by atoms with Gasteiger partial charge in [0.05, 0.1) is 22.5 Å². The third kappa shape index (κ3) is 4.93. The maximum Gasteiger partial charge on any atom is 0.417 e. The number of rotatable bonds is 5. The van der Waals surface area contributed by atoms with Crippen LogP contribution in [0.3, 0.4) is 0 Å². The minimum atomic E-state index is -4.45. The minimum absolute atomic E-state index is 0.0656. The molecule has 0 spiro atoms. The van der Waals surface area contributed by atoms with Gasteiger partial charge in [0.1, 0.15) is 4.88 Å². The summed E-state index contributed by atoms with van der Waals surface area (Å²) in [4.78, 5) is 30.3. The molecule has 0 saturated carbocycles. The Hall–Kier alpha value is -2.14. The molecule has 0 aliphatic heterocycles. The van der Waals surface area contributed by atoms with E-state index in [0.717, 1.165) is 29.2 Å². The second kappa shape index (κ2) is 6.96. The van der Waals surface area contributed by atoms with E-state index in [1.54, 1.807) is 0 Å². The van der Waals surface area contributed by atoms with Crippen molar-refractivity contribution in [2.24, 2.45) is 5.73 Å². The number of halogens is 3. The molecule has 2 amide bonds.